The highest BCUT2D eigenvalue weighted by atomic mass is 16.5. The monoisotopic (exact) mass is 335 g/mol. The van der Waals surface area contributed by atoms with Crippen LogP contribution in [0.1, 0.15) is 31.2 Å². The molecule has 6 nitrogen and oxygen atoms in total. The summed E-state index contributed by atoms with van der Waals surface area (Å²) in [5.41, 5.74) is 0.940. The van der Waals surface area contributed by atoms with Gasteiger partial charge in [0.15, 0.2) is 0 Å². The standard InChI is InChI=1S/C18H25NO5/c20-17(21)16(15-9-11-23-13-15)8-4-5-10-19-18(22)24-12-14-6-2-1-3-7-14/h1-3,6-7,15-16H,4-5,8-13H2,(H,19,22)(H,20,21). The van der Waals surface area contributed by atoms with E-state index in [0.29, 0.717) is 26.2 Å². The zero-order chi connectivity index (χ0) is 17.2. The molecule has 1 saturated heterocycles. The third kappa shape index (κ3) is 6.20. The third-order valence-corrected chi connectivity index (χ3v) is 4.28. The van der Waals surface area contributed by atoms with Crippen molar-refractivity contribution >= 4 is 12.1 Å². The molecule has 2 unspecified atom stereocenters. The lowest BCUT2D eigenvalue weighted by Gasteiger charge is -2.17. The quantitative estimate of drug-likeness (QED) is 0.678. The molecule has 0 bridgehead atoms. The first-order valence-electron chi connectivity index (χ1n) is 8.42. The number of benzene rings is 1. The Morgan fingerprint density at radius 2 is 2.08 bits per heavy atom. The van der Waals surface area contributed by atoms with Gasteiger partial charge in [-0.1, -0.05) is 36.8 Å². The van der Waals surface area contributed by atoms with Crippen LogP contribution in [0.4, 0.5) is 4.79 Å². The number of rotatable bonds is 9. The molecule has 24 heavy (non-hydrogen) atoms. The Hall–Kier alpha value is -2.08. The maximum Gasteiger partial charge on any atom is 0.407 e. The fourth-order valence-corrected chi connectivity index (χ4v) is 2.88. The lowest BCUT2D eigenvalue weighted by molar-refractivity contribution is -0.144. The number of carbonyl (C=O) groups excluding carboxylic acids is 1. The zero-order valence-electron chi connectivity index (χ0n) is 13.8. The molecule has 2 rings (SSSR count). The minimum Gasteiger partial charge on any atom is -0.481 e. The van der Waals surface area contributed by atoms with Gasteiger partial charge >= 0.3 is 12.1 Å². The topological polar surface area (TPSA) is 84.9 Å². The Kier molecular flexibility index (Phi) is 7.55. The highest BCUT2D eigenvalue weighted by Crippen LogP contribution is 2.26. The number of unbranched alkanes of at least 4 members (excludes halogenated alkanes) is 1. The number of aliphatic carboxylic acids is 1. The van der Waals surface area contributed by atoms with Gasteiger partial charge in [0.25, 0.3) is 0 Å². The molecule has 1 heterocycles. The van der Waals surface area contributed by atoms with E-state index in [1.54, 1.807) is 0 Å². The van der Waals surface area contributed by atoms with Crippen LogP contribution in [0, 0.1) is 11.8 Å². The molecular weight excluding hydrogens is 310 g/mol. The van der Waals surface area contributed by atoms with Crippen molar-refractivity contribution in [3.05, 3.63) is 35.9 Å². The Bertz CT molecular complexity index is 513. The minimum absolute atomic E-state index is 0.117. The van der Waals surface area contributed by atoms with Crippen molar-refractivity contribution in [2.24, 2.45) is 11.8 Å². The second-order valence-corrected chi connectivity index (χ2v) is 6.05. The van der Waals surface area contributed by atoms with Crippen LogP contribution in [0.15, 0.2) is 30.3 Å². The van der Waals surface area contributed by atoms with Gasteiger partial charge in [0.2, 0.25) is 0 Å². The second-order valence-electron chi connectivity index (χ2n) is 6.05. The van der Waals surface area contributed by atoms with Crippen molar-refractivity contribution in [2.75, 3.05) is 19.8 Å². The number of amides is 1. The molecule has 6 heteroatoms. The number of hydrogen-bond donors (Lipinski definition) is 2. The van der Waals surface area contributed by atoms with Crippen molar-refractivity contribution in [2.45, 2.75) is 32.3 Å². The van der Waals surface area contributed by atoms with Gasteiger partial charge in [-0.3, -0.25) is 4.79 Å². The summed E-state index contributed by atoms with van der Waals surface area (Å²) in [5, 5.41) is 12.0. The fraction of sp³-hybridized carbons (Fsp3) is 0.556. The molecule has 1 aromatic rings. The van der Waals surface area contributed by atoms with Crippen LogP contribution >= 0.6 is 0 Å². The minimum atomic E-state index is -0.749. The predicted octanol–water partition coefficient (Wildman–Crippen LogP) is 2.82. The van der Waals surface area contributed by atoms with E-state index in [1.165, 1.54) is 0 Å². The van der Waals surface area contributed by atoms with E-state index in [2.05, 4.69) is 5.32 Å². The average Bonchev–Trinajstić information content (AvgIpc) is 3.11. The van der Waals surface area contributed by atoms with Crippen LogP contribution in [0.2, 0.25) is 0 Å². The molecule has 1 aromatic carbocycles. The molecule has 0 spiro atoms. The number of nitrogens with one attached hydrogen (secondary N) is 1. The molecule has 0 saturated carbocycles. The number of hydrogen-bond acceptors (Lipinski definition) is 4. The van der Waals surface area contributed by atoms with Crippen LogP contribution in [-0.2, 0) is 20.9 Å². The van der Waals surface area contributed by atoms with Crippen molar-refractivity contribution in [1.29, 1.82) is 0 Å². The molecule has 1 aliphatic heterocycles. The van der Waals surface area contributed by atoms with E-state index < -0.39 is 12.1 Å². The lowest BCUT2D eigenvalue weighted by Crippen LogP contribution is -2.26. The van der Waals surface area contributed by atoms with E-state index in [1.807, 2.05) is 30.3 Å². The summed E-state index contributed by atoms with van der Waals surface area (Å²) in [5.74, 6) is -0.982. The molecule has 1 fully saturated rings. The van der Waals surface area contributed by atoms with Gasteiger partial charge in [-0.25, -0.2) is 4.79 Å². The van der Waals surface area contributed by atoms with Crippen molar-refractivity contribution in [3.8, 4) is 0 Å². The second kappa shape index (κ2) is 9.93. The van der Waals surface area contributed by atoms with Gasteiger partial charge in [-0.2, -0.15) is 0 Å². The first kappa shape index (κ1) is 18.3. The largest absolute Gasteiger partial charge is 0.481 e. The normalized spacial score (nSPS) is 18.1. The number of carboxylic acid groups (broad SMARTS) is 1. The Morgan fingerprint density at radius 1 is 1.29 bits per heavy atom. The van der Waals surface area contributed by atoms with E-state index in [0.717, 1.165) is 24.8 Å². The maximum atomic E-state index is 11.6. The number of carboxylic acids is 1. The van der Waals surface area contributed by atoms with Gasteiger partial charge < -0.3 is 19.9 Å². The lowest BCUT2D eigenvalue weighted by atomic mass is 9.87. The Balaban J connectivity index is 1.56. The fourth-order valence-electron chi connectivity index (χ4n) is 2.88. The summed E-state index contributed by atoms with van der Waals surface area (Å²) in [6.45, 7) is 1.93. The third-order valence-electron chi connectivity index (χ3n) is 4.28. The summed E-state index contributed by atoms with van der Waals surface area (Å²) in [7, 11) is 0. The number of alkyl carbamates (subject to hydrolysis) is 1. The van der Waals surface area contributed by atoms with Crippen LogP contribution in [0.25, 0.3) is 0 Å². The summed E-state index contributed by atoms with van der Waals surface area (Å²) >= 11 is 0. The predicted molar refractivity (Wildman–Crippen MR) is 88.5 cm³/mol. The van der Waals surface area contributed by atoms with Crippen molar-refractivity contribution in [3.63, 3.8) is 0 Å². The van der Waals surface area contributed by atoms with Crippen LogP contribution in [-0.4, -0.2) is 36.9 Å². The van der Waals surface area contributed by atoms with Crippen LogP contribution in [0.5, 0.6) is 0 Å². The van der Waals surface area contributed by atoms with E-state index in [9.17, 15) is 14.7 Å². The van der Waals surface area contributed by atoms with Gasteiger partial charge in [-0.05, 0) is 30.7 Å². The molecule has 0 aliphatic carbocycles. The molecule has 0 aromatic heterocycles. The highest BCUT2D eigenvalue weighted by molar-refractivity contribution is 5.70. The summed E-state index contributed by atoms with van der Waals surface area (Å²) in [6.07, 6.45) is 2.48. The number of ether oxygens (including phenoxy) is 2. The number of carbonyl (C=O) groups is 2. The molecule has 2 N–H and O–H groups in total. The SMILES string of the molecule is O=C(NCCCCC(C(=O)O)C1CCOC1)OCc1ccccc1. The van der Waals surface area contributed by atoms with Crippen molar-refractivity contribution in [1.82, 2.24) is 5.32 Å². The Morgan fingerprint density at radius 3 is 2.75 bits per heavy atom. The van der Waals surface area contributed by atoms with Gasteiger partial charge in [0, 0.05) is 13.2 Å². The summed E-state index contributed by atoms with van der Waals surface area (Å²) in [4.78, 5) is 22.9. The highest BCUT2D eigenvalue weighted by Gasteiger charge is 2.30. The van der Waals surface area contributed by atoms with E-state index >= 15 is 0 Å². The molecule has 2 atom stereocenters. The van der Waals surface area contributed by atoms with E-state index in [-0.39, 0.29) is 18.4 Å². The molecular formula is C18H25NO5. The molecule has 1 amide bonds. The summed E-state index contributed by atoms with van der Waals surface area (Å²) in [6, 6.07) is 9.49. The van der Waals surface area contributed by atoms with Gasteiger partial charge in [-0.15, -0.1) is 0 Å². The Labute approximate surface area is 142 Å². The first-order valence-corrected chi connectivity index (χ1v) is 8.42. The van der Waals surface area contributed by atoms with E-state index in [4.69, 9.17) is 9.47 Å². The van der Waals surface area contributed by atoms with Crippen molar-refractivity contribution < 1.29 is 24.2 Å². The summed E-state index contributed by atoms with van der Waals surface area (Å²) < 4.78 is 10.4. The van der Waals surface area contributed by atoms with Crippen LogP contribution < -0.4 is 5.32 Å². The molecule has 132 valence electrons. The molecule has 1 aliphatic rings. The van der Waals surface area contributed by atoms with Gasteiger partial charge in [0.1, 0.15) is 6.61 Å². The smallest absolute Gasteiger partial charge is 0.407 e. The molecule has 0 radical (unpaired) electrons. The zero-order valence-corrected chi connectivity index (χ0v) is 13.8. The maximum absolute atomic E-state index is 11.6. The van der Waals surface area contributed by atoms with Crippen LogP contribution in [0.3, 0.4) is 0 Å². The first-order chi connectivity index (χ1) is 11.7. The van der Waals surface area contributed by atoms with Gasteiger partial charge in [0.05, 0.1) is 12.5 Å². The average molecular weight is 335 g/mol.